The highest BCUT2D eigenvalue weighted by Gasteiger charge is 2.24. The van der Waals surface area contributed by atoms with Gasteiger partial charge < -0.3 is 15.0 Å². The third-order valence-corrected chi connectivity index (χ3v) is 4.34. The van der Waals surface area contributed by atoms with E-state index in [1.807, 2.05) is 24.6 Å². The zero-order chi connectivity index (χ0) is 14.8. The Morgan fingerprint density at radius 1 is 1.48 bits per heavy atom. The first kappa shape index (κ1) is 14.0. The predicted octanol–water partition coefficient (Wildman–Crippen LogP) is 2.39. The summed E-state index contributed by atoms with van der Waals surface area (Å²) in [6, 6.07) is 6.07. The van der Waals surface area contributed by atoms with Crippen LogP contribution in [0.3, 0.4) is 0 Å². The second-order valence-corrected chi connectivity index (χ2v) is 5.79. The number of amides is 1. The molecular formula is C15H17N3O2S. The molecule has 1 aliphatic rings. The SMILES string of the molecule is COCCNc1nc(-c2ccc3c(c2)CC(=O)N3C)cs1. The number of carbonyl (C=O) groups excluding carboxylic acids is 1. The van der Waals surface area contributed by atoms with Gasteiger partial charge in [-0.15, -0.1) is 11.3 Å². The maximum absolute atomic E-state index is 11.7. The van der Waals surface area contributed by atoms with E-state index in [-0.39, 0.29) is 5.91 Å². The van der Waals surface area contributed by atoms with Gasteiger partial charge in [0.2, 0.25) is 5.91 Å². The number of fused-ring (bicyclic) bond motifs is 1. The van der Waals surface area contributed by atoms with Gasteiger partial charge >= 0.3 is 0 Å². The van der Waals surface area contributed by atoms with E-state index < -0.39 is 0 Å². The molecule has 1 aromatic heterocycles. The number of nitrogens with zero attached hydrogens (tertiary/aromatic N) is 2. The number of nitrogens with one attached hydrogen (secondary N) is 1. The molecule has 2 aromatic rings. The minimum Gasteiger partial charge on any atom is -0.383 e. The molecule has 0 saturated heterocycles. The van der Waals surface area contributed by atoms with Gasteiger partial charge in [-0.3, -0.25) is 4.79 Å². The van der Waals surface area contributed by atoms with Gasteiger partial charge in [-0.05, 0) is 17.7 Å². The van der Waals surface area contributed by atoms with Gasteiger partial charge in [0, 0.05) is 37.3 Å². The van der Waals surface area contributed by atoms with Crippen molar-refractivity contribution in [2.24, 2.45) is 0 Å². The van der Waals surface area contributed by atoms with Crippen LogP contribution in [-0.2, 0) is 16.0 Å². The standard InChI is InChI=1S/C15H17N3O2S/c1-18-13-4-3-10(7-11(13)8-14(18)19)12-9-21-15(17-12)16-5-6-20-2/h3-4,7,9H,5-6,8H2,1-2H3,(H,16,17). The second-order valence-electron chi connectivity index (χ2n) is 4.93. The van der Waals surface area contributed by atoms with Gasteiger partial charge in [0.05, 0.1) is 18.7 Å². The summed E-state index contributed by atoms with van der Waals surface area (Å²) < 4.78 is 5.00. The first-order chi connectivity index (χ1) is 10.2. The first-order valence-electron chi connectivity index (χ1n) is 6.77. The maximum Gasteiger partial charge on any atom is 0.231 e. The summed E-state index contributed by atoms with van der Waals surface area (Å²) in [4.78, 5) is 18.0. The van der Waals surface area contributed by atoms with Crippen molar-refractivity contribution in [1.29, 1.82) is 0 Å². The molecule has 2 heterocycles. The molecule has 0 aliphatic carbocycles. The van der Waals surface area contributed by atoms with E-state index in [1.165, 1.54) is 0 Å². The number of aromatic nitrogens is 1. The third-order valence-electron chi connectivity index (χ3n) is 3.54. The van der Waals surface area contributed by atoms with Crippen LogP contribution in [0.1, 0.15) is 5.56 Å². The molecule has 0 unspecified atom stereocenters. The lowest BCUT2D eigenvalue weighted by molar-refractivity contribution is -0.117. The molecule has 5 nitrogen and oxygen atoms in total. The van der Waals surface area contributed by atoms with E-state index in [4.69, 9.17) is 4.74 Å². The third kappa shape index (κ3) is 2.77. The van der Waals surface area contributed by atoms with Crippen molar-refractivity contribution in [2.75, 3.05) is 37.5 Å². The molecule has 0 radical (unpaired) electrons. The van der Waals surface area contributed by atoms with Gasteiger partial charge in [0.15, 0.2) is 5.13 Å². The molecule has 1 N–H and O–H groups in total. The van der Waals surface area contributed by atoms with E-state index in [1.54, 1.807) is 23.3 Å². The van der Waals surface area contributed by atoms with Crippen molar-refractivity contribution < 1.29 is 9.53 Å². The number of methoxy groups -OCH3 is 1. The van der Waals surface area contributed by atoms with Gasteiger partial charge in [-0.25, -0.2) is 4.98 Å². The zero-order valence-electron chi connectivity index (χ0n) is 12.0. The fourth-order valence-corrected chi connectivity index (χ4v) is 3.13. The molecule has 0 fully saturated rings. The van der Waals surface area contributed by atoms with Crippen molar-refractivity contribution in [3.05, 3.63) is 29.1 Å². The molecule has 3 rings (SSSR count). The van der Waals surface area contributed by atoms with Crippen molar-refractivity contribution in [1.82, 2.24) is 4.98 Å². The summed E-state index contributed by atoms with van der Waals surface area (Å²) in [6.07, 6.45) is 0.475. The van der Waals surface area contributed by atoms with Crippen molar-refractivity contribution in [2.45, 2.75) is 6.42 Å². The Morgan fingerprint density at radius 2 is 2.33 bits per heavy atom. The molecule has 1 aromatic carbocycles. The number of anilines is 2. The van der Waals surface area contributed by atoms with Gasteiger partial charge in [-0.1, -0.05) is 6.07 Å². The van der Waals surface area contributed by atoms with Crippen LogP contribution in [0.5, 0.6) is 0 Å². The summed E-state index contributed by atoms with van der Waals surface area (Å²) in [6.45, 7) is 1.40. The van der Waals surface area contributed by atoms with Gasteiger partial charge in [-0.2, -0.15) is 0 Å². The Morgan fingerprint density at radius 3 is 3.14 bits per heavy atom. The maximum atomic E-state index is 11.7. The Hall–Kier alpha value is -1.92. The number of rotatable bonds is 5. The molecule has 1 aliphatic heterocycles. The fraction of sp³-hybridized carbons (Fsp3) is 0.333. The zero-order valence-corrected chi connectivity index (χ0v) is 12.9. The van der Waals surface area contributed by atoms with Crippen LogP contribution < -0.4 is 10.2 Å². The molecule has 0 spiro atoms. The molecule has 110 valence electrons. The quantitative estimate of drug-likeness (QED) is 0.862. The van der Waals surface area contributed by atoms with Gasteiger partial charge in [0.1, 0.15) is 0 Å². The second kappa shape index (κ2) is 5.83. The number of thiazole rings is 1. The highest BCUT2D eigenvalue weighted by Crippen LogP contribution is 2.33. The molecule has 0 atom stereocenters. The molecule has 0 bridgehead atoms. The highest BCUT2D eigenvalue weighted by molar-refractivity contribution is 7.14. The van der Waals surface area contributed by atoms with Crippen LogP contribution in [0, 0.1) is 0 Å². The van der Waals surface area contributed by atoms with Gasteiger partial charge in [0.25, 0.3) is 0 Å². The molecule has 0 saturated carbocycles. The lowest BCUT2D eigenvalue weighted by Gasteiger charge is -2.09. The van der Waals surface area contributed by atoms with Crippen molar-refractivity contribution in [3.8, 4) is 11.3 Å². The molecular weight excluding hydrogens is 286 g/mol. The number of benzene rings is 1. The predicted molar refractivity (Wildman–Crippen MR) is 85.0 cm³/mol. The Kier molecular flexibility index (Phi) is 3.90. The van der Waals surface area contributed by atoms with Crippen LogP contribution in [-0.4, -0.2) is 38.2 Å². The van der Waals surface area contributed by atoms with Crippen LogP contribution in [0.15, 0.2) is 23.6 Å². The summed E-state index contributed by atoms with van der Waals surface area (Å²) in [7, 11) is 3.49. The highest BCUT2D eigenvalue weighted by atomic mass is 32.1. The largest absolute Gasteiger partial charge is 0.383 e. The Balaban J connectivity index is 1.79. The van der Waals surface area contributed by atoms with E-state index in [0.717, 1.165) is 34.2 Å². The number of likely N-dealkylation sites (N-methyl/N-ethyl adjacent to an activating group) is 1. The number of hydrogen-bond donors (Lipinski definition) is 1. The van der Waals surface area contributed by atoms with Crippen LogP contribution in [0.2, 0.25) is 0 Å². The van der Waals surface area contributed by atoms with E-state index in [9.17, 15) is 4.79 Å². The minimum absolute atomic E-state index is 0.141. The Bertz CT molecular complexity index is 669. The van der Waals surface area contributed by atoms with E-state index in [2.05, 4.69) is 16.4 Å². The summed E-state index contributed by atoms with van der Waals surface area (Å²) in [5.41, 5.74) is 4.05. The summed E-state index contributed by atoms with van der Waals surface area (Å²) >= 11 is 1.57. The first-order valence-corrected chi connectivity index (χ1v) is 7.65. The number of carbonyl (C=O) groups is 1. The molecule has 21 heavy (non-hydrogen) atoms. The minimum atomic E-state index is 0.141. The normalized spacial score (nSPS) is 13.6. The topological polar surface area (TPSA) is 54.5 Å². The van der Waals surface area contributed by atoms with Crippen LogP contribution >= 0.6 is 11.3 Å². The average Bonchev–Trinajstić information content (AvgIpc) is 3.05. The van der Waals surface area contributed by atoms with Crippen LogP contribution in [0.25, 0.3) is 11.3 Å². The van der Waals surface area contributed by atoms with Crippen molar-refractivity contribution >= 4 is 28.1 Å². The summed E-state index contributed by atoms with van der Waals surface area (Å²) in [5, 5.41) is 6.13. The van der Waals surface area contributed by atoms with Crippen molar-refractivity contribution in [3.63, 3.8) is 0 Å². The van der Waals surface area contributed by atoms with E-state index >= 15 is 0 Å². The Labute approximate surface area is 127 Å². The molecule has 6 heteroatoms. The number of ether oxygens (including phenoxy) is 1. The molecule has 1 amide bonds. The average molecular weight is 303 g/mol. The monoisotopic (exact) mass is 303 g/mol. The van der Waals surface area contributed by atoms with Crippen LogP contribution in [0.4, 0.5) is 10.8 Å². The number of hydrogen-bond acceptors (Lipinski definition) is 5. The van der Waals surface area contributed by atoms with E-state index in [0.29, 0.717) is 13.0 Å². The fourth-order valence-electron chi connectivity index (χ4n) is 2.38. The lowest BCUT2D eigenvalue weighted by atomic mass is 10.1. The lowest BCUT2D eigenvalue weighted by Crippen LogP contribution is -2.20. The summed E-state index contributed by atoms with van der Waals surface area (Å²) in [5.74, 6) is 0.141. The smallest absolute Gasteiger partial charge is 0.231 e.